The van der Waals surface area contributed by atoms with E-state index in [-0.39, 0.29) is 6.03 Å². The predicted octanol–water partition coefficient (Wildman–Crippen LogP) is 6.49. The highest BCUT2D eigenvalue weighted by Crippen LogP contribution is 2.29. The third kappa shape index (κ3) is 4.83. The normalized spacial score (nSPS) is 10.3. The molecule has 0 saturated heterocycles. The second-order valence-corrected chi connectivity index (χ2v) is 6.75. The van der Waals surface area contributed by atoms with E-state index in [1.165, 1.54) is 0 Å². The van der Waals surface area contributed by atoms with Crippen LogP contribution >= 0.6 is 0 Å². The van der Waals surface area contributed by atoms with Gasteiger partial charge in [-0.2, -0.15) is 0 Å². The summed E-state index contributed by atoms with van der Waals surface area (Å²) >= 11 is 0. The molecule has 4 rings (SSSR count). The quantitative estimate of drug-likeness (QED) is 0.406. The zero-order valence-corrected chi connectivity index (χ0v) is 16.5. The van der Waals surface area contributed by atoms with Crippen molar-refractivity contribution in [3.8, 4) is 22.6 Å². The molecule has 1 heterocycles. The molecule has 0 bridgehead atoms. The van der Waals surface area contributed by atoms with E-state index in [1.807, 2.05) is 91.9 Å². The Morgan fingerprint density at radius 2 is 1.53 bits per heavy atom. The van der Waals surface area contributed by atoms with Crippen LogP contribution in [0.4, 0.5) is 16.2 Å². The molecule has 0 spiro atoms. The van der Waals surface area contributed by atoms with Gasteiger partial charge in [0, 0.05) is 17.6 Å². The topological polar surface area (TPSA) is 63.2 Å². The van der Waals surface area contributed by atoms with Gasteiger partial charge in [0.2, 0.25) is 0 Å². The van der Waals surface area contributed by atoms with Crippen LogP contribution in [0.2, 0.25) is 0 Å². The van der Waals surface area contributed by atoms with Crippen molar-refractivity contribution in [2.24, 2.45) is 0 Å². The molecule has 4 aromatic rings. The molecule has 0 radical (unpaired) electrons. The van der Waals surface area contributed by atoms with E-state index in [2.05, 4.69) is 15.6 Å². The maximum absolute atomic E-state index is 12.5. The fourth-order valence-electron chi connectivity index (χ4n) is 3.03. The number of pyridine rings is 1. The van der Waals surface area contributed by atoms with Gasteiger partial charge in [-0.25, -0.2) is 4.79 Å². The summed E-state index contributed by atoms with van der Waals surface area (Å²) in [6.45, 7) is 1.96. The third-order valence-electron chi connectivity index (χ3n) is 4.48. The molecule has 2 amide bonds. The number of nitrogens with zero attached hydrogens (tertiary/aromatic N) is 1. The van der Waals surface area contributed by atoms with Crippen LogP contribution in [0.5, 0.6) is 11.5 Å². The second-order valence-electron chi connectivity index (χ2n) is 6.75. The lowest BCUT2D eigenvalue weighted by Gasteiger charge is -2.13. The number of anilines is 2. The molecule has 0 aliphatic rings. The Bertz CT molecular complexity index is 1140. The monoisotopic (exact) mass is 395 g/mol. The Morgan fingerprint density at radius 1 is 0.800 bits per heavy atom. The van der Waals surface area contributed by atoms with E-state index >= 15 is 0 Å². The smallest absolute Gasteiger partial charge is 0.323 e. The van der Waals surface area contributed by atoms with Gasteiger partial charge in [0.05, 0.1) is 5.69 Å². The van der Waals surface area contributed by atoms with Crippen molar-refractivity contribution >= 4 is 17.4 Å². The Kier molecular flexibility index (Phi) is 5.71. The summed E-state index contributed by atoms with van der Waals surface area (Å²) < 4.78 is 5.89. The third-order valence-corrected chi connectivity index (χ3v) is 4.48. The minimum atomic E-state index is -0.341. The first-order chi connectivity index (χ1) is 14.7. The summed E-state index contributed by atoms with van der Waals surface area (Å²) in [5.41, 5.74) is 4.40. The average Bonchev–Trinajstić information content (AvgIpc) is 2.76. The molecule has 0 aliphatic carbocycles. The van der Waals surface area contributed by atoms with Crippen LogP contribution in [-0.2, 0) is 0 Å². The van der Waals surface area contributed by atoms with Gasteiger partial charge in [0.1, 0.15) is 5.75 Å². The van der Waals surface area contributed by atoms with E-state index in [0.29, 0.717) is 22.9 Å². The van der Waals surface area contributed by atoms with Crippen LogP contribution in [0.15, 0.2) is 97.2 Å². The summed E-state index contributed by atoms with van der Waals surface area (Å²) in [4.78, 5) is 16.7. The minimum Gasteiger partial charge on any atom is -0.455 e. The van der Waals surface area contributed by atoms with E-state index in [0.717, 1.165) is 16.8 Å². The zero-order chi connectivity index (χ0) is 20.8. The summed E-state index contributed by atoms with van der Waals surface area (Å²) in [5.74, 6) is 1.27. The summed E-state index contributed by atoms with van der Waals surface area (Å²) in [5, 5.41) is 5.70. The number of rotatable bonds is 5. The first-order valence-electron chi connectivity index (χ1n) is 9.60. The summed E-state index contributed by atoms with van der Waals surface area (Å²) in [6.07, 6.45) is 1.79. The number of carbonyl (C=O) groups excluding carboxylic acids is 1. The van der Waals surface area contributed by atoms with E-state index < -0.39 is 0 Å². The fourth-order valence-corrected chi connectivity index (χ4v) is 3.03. The Morgan fingerprint density at radius 3 is 2.30 bits per heavy atom. The van der Waals surface area contributed by atoms with E-state index in [9.17, 15) is 4.79 Å². The van der Waals surface area contributed by atoms with E-state index in [1.54, 1.807) is 12.3 Å². The van der Waals surface area contributed by atoms with Gasteiger partial charge in [-0.3, -0.25) is 4.98 Å². The highest BCUT2D eigenvalue weighted by molar-refractivity contribution is 6.00. The number of aryl methyl sites for hydroxylation is 1. The highest BCUT2D eigenvalue weighted by Gasteiger charge is 2.09. The van der Waals surface area contributed by atoms with Crippen LogP contribution in [-0.4, -0.2) is 11.0 Å². The molecule has 30 heavy (non-hydrogen) atoms. The molecule has 3 aromatic carbocycles. The van der Waals surface area contributed by atoms with Gasteiger partial charge in [-0.15, -0.1) is 0 Å². The number of hydrogen-bond donors (Lipinski definition) is 2. The Balaban J connectivity index is 1.43. The molecule has 2 N–H and O–H groups in total. The zero-order valence-electron chi connectivity index (χ0n) is 16.5. The summed E-state index contributed by atoms with van der Waals surface area (Å²) in [6, 6.07) is 28.1. The number of aromatic nitrogens is 1. The summed E-state index contributed by atoms with van der Waals surface area (Å²) in [7, 11) is 0. The van der Waals surface area contributed by atoms with Gasteiger partial charge in [0.15, 0.2) is 5.75 Å². The number of nitrogens with one attached hydrogen (secondary N) is 2. The number of urea groups is 1. The van der Waals surface area contributed by atoms with Crippen molar-refractivity contribution in [3.63, 3.8) is 0 Å². The number of hydrogen-bond acceptors (Lipinski definition) is 3. The van der Waals surface area contributed by atoms with Gasteiger partial charge in [-0.05, 0) is 66.6 Å². The molecular formula is C25H21N3O2. The van der Waals surface area contributed by atoms with Crippen LogP contribution < -0.4 is 15.4 Å². The standard InChI is InChI=1S/C25H21N3O2/c1-18-17-20(15-16-26-18)19-11-13-21(14-12-19)27-25(29)28-23-9-5-6-10-24(23)30-22-7-3-2-4-8-22/h2-17H,1H3,(H2,27,28,29). The van der Waals surface area contributed by atoms with Crippen LogP contribution in [0.25, 0.3) is 11.1 Å². The predicted molar refractivity (Wildman–Crippen MR) is 120 cm³/mol. The largest absolute Gasteiger partial charge is 0.455 e. The number of ether oxygens (including phenoxy) is 1. The van der Waals surface area contributed by atoms with E-state index in [4.69, 9.17) is 4.74 Å². The maximum atomic E-state index is 12.5. The van der Waals surface area contributed by atoms with Crippen molar-refractivity contribution in [2.45, 2.75) is 6.92 Å². The molecular weight excluding hydrogens is 374 g/mol. The average molecular weight is 395 g/mol. The number of benzene rings is 3. The lowest BCUT2D eigenvalue weighted by Crippen LogP contribution is -2.19. The SMILES string of the molecule is Cc1cc(-c2ccc(NC(=O)Nc3ccccc3Oc3ccccc3)cc2)ccn1. The van der Waals surface area contributed by atoms with Gasteiger partial charge < -0.3 is 15.4 Å². The maximum Gasteiger partial charge on any atom is 0.323 e. The molecule has 148 valence electrons. The Hall–Kier alpha value is -4.12. The van der Waals surface area contributed by atoms with Crippen LogP contribution in [0.3, 0.4) is 0 Å². The molecule has 0 saturated carbocycles. The minimum absolute atomic E-state index is 0.341. The van der Waals surface area contributed by atoms with Crippen LogP contribution in [0.1, 0.15) is 5.69 Å². The number of amides is 2. The van der Waals surface area contributed by atoms with Gasteiger partial charge in [0.25, 0.3) is 0 Å². The first-order valence-corrected chi connectivity index (χ1v) is 9.60. The van der Waals surface area contributed by atoms with Crippen molar-refractivity contribution in [3.05, 3.63) is 103 Å². The first kappa shape index (κ1) is 19.2. The molecule has 1 aromatic heterocycles. The highest BCUT2D eigenvalue weighted by atomic mass is 16.5. The van der Waals surface area contributed by atoms with Crippen molar-refractivity contribution < 1.29 is 9.53 Å². The molecule has 0 fully saturated rings. The number of carbonyl (C=O) groups is 1. The lowest BCUT2D eigenvalue weighted by atomic mass is 10.1. The number of para-hydroxylation sites is 3. The van der Waals surface area contributed by atoms with Crippen molar-refractivity contribution in [2.75, 3.05) is 10.6 Å². The molecule has 5 heteroatoms. The molecule has 5 nitrogen and oxygen atoms in total. The van der Waals surface area contributed by atoms with Gasteiger partial charge in [-0.1, -0.05) is 42.5 Å². The molecule has 0 atom stereocenters. The molecule has 0 aliphatic heterocycles. The molecule has 0 unspecified atom stereocenters. The second kappa shape index (κ2) is 8.92. The van der Waals surface area contributed by atoms with Gasteiger partial charge >= 0.3 is 6.03 Å². The fraction of sp³-hybridized carbons (Fsp3) is 0.0400. The van der Waals surface area contributed by atoms with Crippen LogP contribution in [0, 0.1) is 6.92 Å². The lowest BCUT2D eigenvalue weighted by molar-refractivity contribution is 0.262. The van der Waals surface area contributed by atoms with Crippen molar-refractivity contribution in [1.29, 1.82) is 0 Å². The van der Waals surface area contributed by atoms with Crippen molar-refractivity contribution in [1.82, 2.24) is 4.98 Å². The Labute approximate surface area is 175 Å².